The molecule has 0 fully saturated rings. The Balaban J connectivity index is 1.61. The third-order valence-electron chi connectivity index (χ3n) is 4.69. The average molecular weight is 354 g/mol. The van der Waals surface area contributed by atoms with Crippen LogP contribution in [0, 0.1) is 0 Å². The van der Waals surface area contributed by atoms with Gasteiger partial charge in [-0.05, 0) is 44.2 Å². The minimum Gasteiger partial charge on any atom is -0.385 e. The zero-order chi connectivity index (χ0) is 18.2. The molecule has 1 atom stereocenters. The standard InChI is InChI=1S/C20H26N4O2/c1-26-12-4-2-3-10-19(25)23-17-8-5-9-18-16(17)14-22-20(24-18)15-7-6-11-21-13-15/h6-7,11,13-14,17H,2-5,8-10,12H2,1H3,(H,23,25)/t17-/m1/s1. The van der Waals surface area contributed by atoms with E-state index in [4.69, 9.17) is 9.72 Å². The molecule has 6 heteroatoms. The van der Waals surface area contributed by atoms with Gasteiger partial charge in [0.25, 0.3) is 0 Å². The molecule has 0 saturated heterocycles. The Morgan fingerprint density at radius 2 is 2.23 bits per heavy atom. The third kappa shape index (κ3) is 4.85. The van der Waals surface area contributed by atoms with Crippen molar-refractivity contribution in [3.05, 3.63) is 42.0 Å². The molecule has 2 aromatic rings. The van der Waals surface area contributed by atoms with Crippen molar-refractivity contribution in [3.8, 4) is 11.4 Å². The fourth-order valence-electron chi connectivity index (χ4n) is 3.31. The molecule has 0 aliphatic heterocycles. The van der Waals surface area contributed by atoms with E-state index < -0.39 is 0 Å². The van der Waals surface area contributed by atoms with Gasteiger partial charge in [0.2, 0.25) is 5.91 Å². The summed E-state index contributed by atoms with van der Waals surface area (Å²) in [4.78, 5) is 25.6. The second-order valence-corrected chi connectivity index (χ2v) is 6.65. The Labute approximate surface area is 154 Å². The maximum Gasteiger partial charge on any atom is 0.220 e. The van der Waals surface area contributed by atoms with Crippen molar-refractivity contribution < 1.29 is 9.53 Å². The van der Waals surface area contributed by atoms with E-state index >= 15 is 0 Å². The highest BCUT2D eigenvalue weighted by Crippen LogP contribution is 2.29. The van der Waals surface area contributed by atoms with Gasteiger partial charge in [-0.15, -0.1) is 0 Å². The minimum atomic E-state index is 0.0215. The number of carbonyl (C=O) groups excluding carboxylic acids is 1. The summed E-state index contributed by atoms with van der Waals surface area (Å²) in [6, 6.07) is 3.86. The zero-order valence-electron chi connectivity index (χ0n) is 15.3. The fourth-order valence-corrected chi connectivity index (χ4v) is 3.31. The molecule has 0 spiro atoms. The molecule has 138 valence electrons. The van der Waals surface area contributed by atoms with Crippen molar-refractivity contribution in [1.29, 1.82) is 0 Å². The molecule has 1 aliphatic rings. The van der Waals surface area contributed by atoms with Gasteiger partial charge in [0.15, 0.2) is 5.82 Å². The van der Waals surface area contributed by atoms with E-state index in [0.717, 1.165) is 62.0 Å². The Morgan fingerprint density at radius 1 is 1.31 bits per heavy atom. The van der Waals surface area contributed by atoms with E-state index in [1.54, 1.807) is 19.5 Å². The number of ether oxygens (including phenoxy) is 1. The highest BCUT2D eigenvalue weighted by atomic mass is 16.5. The van der Waals surface area contributed by atoms with Gasteiger partial charge in [-0.3, -0.25) is 9.78 Å². The summed E-state index contributed by atoms with van der Waals surface area (Å²) in [5.74, 6) is 0.804. The van der Waals surface area contributed by atoms with Crippen molar-refractivity contribution in [2.45, 2.75) is 51.0 Å². The Bertz CT molecular complexity index is 721. The quantitative estimate of drug-likeness (QED) is 0.737. The Morgan fingerprint density at radius 3 is 3.04 bits per heavy atom. The van der Waals surface area contributed by atoms with E-state index in [1.807, 2.05) is 18.3 Å². The highest BCUT2D eigenvalue weighted by molar-refractivity contribution is 5.76. The molecule has 26 heavy (non-hydrogen) atoms. The largest absolute Gasteiger partial charge is 0.385 e. The second-order valence-electron chi connectivity index (χ2n) is 6.65. The summed E-state index contributed by atoms with van der Waals surface area (Å²) in [5.41, 5.74) is 3.00. The monoisotopic (exact) mass is 354 g/mol. The molecule has 0 unspecified atom stereocenters. The van der Waals surface area contributed by atoms with Gasteiger partial charge in [0.05, 0.1) is 6.04 Å². The van der Waals surface area contributed by atoms with Gasteiger partial charge in [-0.25, -0.2) is 9.97 Å². The first-order chi connectivity index (χ1) is 12.8. The SMILES string of the molecule is COCCCCCC(=O)N[C@@H]1CCCc2nc(-c3cccnc3)ncc21. The molecule has 6 nitrogen and oxygen atoms in total. The topological polar surface area (TPSA) is 77.0 Å². The van der Waals surface area contributed by atoms with Crippen LogP contribution in [-0.4, -0.2) is 34.6 Å². The lowest BCUT2D eigenvalue weighted by atomic mass is 9.92. The van der Waals surface area contributed by atoms with Crippen LogP contribution in [0.2, 0.25) is 0 Å². The smallest absolute Gasteiger partial charge is 0.220 e. The molecule has 0 bridgehead atoms. The Hall–Kier alpha value is -2.34. The van der Waals surface area contributed by atoms with Gasteiger partial charge in [0, 0.05) is 55.5 Å². The molecule has 3 rings (SSSR count). The molecule has 2 aromatic heterocycles. The van der Waals surface area contributed by atoms with Gasteiger partial charge in [-0.1, -0.05) is 6.42 Å². The Kier molecular flexibility index (Phi) is 6.66. The van der Waals surface area contributed by atoms with Gasteiger partial charge >= 0.3 is 0 Å². The summed E-state index contributed by atoms with van der Waals surface area (Å²) in [7, 11) is 1.70. The summed E-state index contributed by atoms with van der Waals surface area (Å²) >= 11 is 0. The van der Waals surface area contributed by atoms with Crippen LogP contribution in [0.4, 0.5) is 0 Å². The normalized spacial score (nSPS) is 16.1. The van der Waals surface area contributed by atoms with Gasteiger partial charge in [-0.2, -0.15) is 0 Å². The van der Waals surface area contributed by atoms with Crippen LogP contribution in [0.3, 0.4) is 0 Å². The van der Waals surface area contributed by atoms with Crippen LogP contribution in [0.5, 0.6) is 0 Å². The number of hydrogen-bond acceptors (Lipinski definition) is 5. The van der Waals surface area contributed by atoms with Crippen LogP contribution in [-0.2, 0) is 16.0 Å². The van der Waals surface area contributed by atoms with Gasteiger partial charge in [0.1, 0.15) is 0 Å². The summed E-state index contributed by atoms with van der Waals surface area (Å²) in [5, 5.41) is 3.16. The zero-order valence-corrected chi connectivity index (χ0v) is 15.3. The average Bonchev–Trinajstić information content (AvgIpc) is 2.68. The molecule has 1 N–H and O–H groups in total. The van der Waals surface area contributed by atoms with Crippen molar-refractivity contribution in [3.63, 3.8) is 0 Å². The number of rotatable bonds is 8. The lowest BCUT2D eigenvalue weighted by Crippen LogP contribution is -2.31. The number of carbonyl (C=O) groups is 1. The van der Waals surface area contributed by atoms with E-state index in [1.165, 1.54) is 0 Å². The van der Waals surface area contributed by atoms with Crippen molar-refractivity contribution in [2.24, 2.45) is 0 Å². The molecule has 0 radical (unpaired) electrons. The molecule has 2 heterocycles. The lowest BCUT2D eigenvalue weighted by molar-refractivity contribution is -0.122. The minimum absolute atomic E-state index is 0.0215. The number of aryl methyl sites for hydroxylation is 1. The van der Waals surface area contributed by atoms with E-state index in [2.05, 4.69) is 15.3 Å². The van der Waals surface area contributed by atoms with Crippen molar-refractivity contribution in [1.82, 2.24) is 20.3 Å². The van der Waals surface area contributed by atoms with Crippen LogP contribution in [0.1, 0.15) is 55.8 Å². The van der Waals surface area contributed by atoms with E-state index in [0.29, 0.717) is 12.2 Å². The number of fused-ring (bicyclic) bond motifs is 1. The van der Waals surface area contributed by atoms with Crippen molar-refractivity contribution in [2.75, 3.05) is 13.7 Å². The number of nitrogens with zero attached hydrogens (tertiary/aromatic N) is 3. The van der Waals surface area contributed by atoms with E-state index in [9.17, 15) is 4.79 Å². The number of hydrogen-bond donors (Lipinski definition) is 1. The summed E-state index contributed by atoms with van der Waals surface area (Å²) in [6.45, 7) is 0.758. The second kappa shape index (κ2) is 9.38. The number of pyridine rings is 1. The summed E-state index contributed by atoms with van der Waals surface area (Å²) in [6.07, 6.45) is 11.7. The molecule has 0 saturated carbocycles. The lowest BCUT2D eigenvalue weighted by Gasteiger charge is -2.25. The number of unbranched alkanes of at least 4 members (excludes halogenated alkanes) is 2. The molecule has 1 amide bonds. The maximum atomic E-state index is 12.3. The summed E-state index contributed by atoms with van der Waals surface area (Å²) < 4.78 is 5.03. The van der Waals surface area contributed by atoms with Crippen LogP contribution >= 0.6 is 0 Å². The first-order valence-corrected chi connectivity index (χ1v) is 9.32. The van der Waals surface area contributed by atoms with Crippen molar-refractivity contribution >= 4 is 5.91 Å². The number of methoxy groups -OCH3 is 1. The number of amides is 1. The van der Waals surface area contributed by atoms with Crippen LogP contribution < -0.4 is 5.32 Å². The predicted molar refractivity (Wildman–Crippen MR) is 99.4 cm³/mol. The fraction of sp³-hybridized carbons (Fsp3) is 0.500. The number of nitrogens with one attached hydrogen (secondary N) is 1. The maximum absolute atomic E-state index is 12.3. The van der Waals surface area contributed by atoms with E-state index in [-0.39, 0.29) is 11.9 Å². The molecular formula is C20H26N4O2. The van der Waals surface area contributed by atoms with Gasteiger partial charge < -0.3 is 10.1 Å². The number of aromatic nitrogens is 3. The molecule has 0 aromatic carbocycles. The molecular weight excluding hydrogens is 328 g/mol. The molecule has 1 aliphatic carbocycles. The highest BCUT2D eigenvalue weighted by Gasteiger charge is 2.23. The first kappa shape index (κ1) is 18.5. The van der Waals surface area contributed by atoms with Crippen LogP contribution in [0.25, 0.3) is 11.4 Å². The predicted octanol–water partition coefficient (Wildman–Crippen LogP) is 3.24. The third-order valence-corrected chi connectivity index (χ3v) is 4.69. The first-order valence-electron chi connectivity index (χ1n) is 9.32. The van der Waals surface area contributed by atoms with Crippen LogP contribution in [0.15, 0.2) is 30.7 Å².